The van der Waals surface area contributed by atoms with Crippen molar-refractivity contribution in [3.05, 3.63) is 42.0 Å². The molecule has 0 saturated heterocycles. The van der Waals surface area contributed by atoms with Crippen LogP contribution in [0.2, 0.25) is 0 Å². The highest BCUT2D eigenvalue weighted by Crippen LogP contribution is 2.28. The van der Waals surface area contributed by atoms with Crippen molar-refractivity contribution in [1.82, 2.24) is 0 Å². The Morgan fingerprint density at radius 1 is 1.36 bits per heavy atom. The minimum atomic E-state index is 0.285. The van der Waals surface area contributed by atoms with Crippen LogP contribution in [-0.2, 0) is 5.41 Å². The number of hydrogen-bond donors (Lipinski definition) is 0. The van der Waals surface area contributed by atoms with Gasteiger partial charge in [0, 0.05) is 0 Å². The number of benzene rings is 1. The summed E-state index contributed by atoms with van der Waals surface area (Å²) < 4.78 is 0. The minimum Gasteiger partial charge on any atom is -0.0985 e. The highest BCUT2D eigenvalue weighted by molar-refractivity contribution is 5.49. The minimum absolute atomic E-state index is 0.285. The average molecular weight is 188 g/mol. The third kappa shape index (κ3) is 2.47. The second-order valence-electron chi connectivity index (χ2n) is 4.46. The molecule has 0 aliphatic rings. The van der Waals surface area contributed by atoms with Crippen LogP contribution in [0.15, 0.2) is 30.8 Å². The fourth-order valence-electron chi connectivity index (χ4n) is 1.86. The zero-order chi connectivity index (χ0) is 10.6. The largest absolute Gasteiger partial charge is 0.0985 e. The highest BCUT2D eigenvalue weighted by atomic mass is 14.2. The van der Waals surface area contributed by atoms with E-state index in [2.05, 4.69) is 51.6 Å². The van der Waals surface area contributed by atoms with Crippen LogP contribution in [0.25, 0.3) is 6.08 Å². The van der Waals surface area contributed by atoms with Gasteiger partial charge in [0.1, 0.15) is 0 Å². The predicted octanol–water partition coefficient (Wildman–Crippen LogP) is 4.41. The van der Waals surface area contributed by atoms with Gasteiger partial charge in [-0.1, -0.05) is 64.1 Å². The molecule has 0 nitrogen and oxygen atoms in total. The van der Waals surface area contributed by atoms with Crippen molar-refractivity contribution in [3.8, 4) is 0 Å². The lowest BCUT2D eigenvalue weighted by Gasteiger charge is -2.25. The van der Waals surface area contributed by atoms with Gasteiger partial charge in [-0.2, -0.15) is 0 Å². The lowest BCUT2D eigenvalue weighted by Crippen LogP contribution is -2.16. The van der Waals surface area contributed by atoms with Crippen molar-refractivity contribution in [2.24, 2.45) is 0 Å². The maximum atomic E-state index is 3.80. The Kier molecular flexibility index (Phi) is 3.51. The predicted molar refractivity (Wildman–Crippen MR) is 64.5 cm³/mol. The zero-order valence-corrected chi connectivity index (χ0v) is 9.51. The molecule has 14 heavy (non-hydrogen) atoms. The van der Waals surface area contributed by atoms with E-state index in [1.807, 2.05) is 6.08 Å². The fraction of sp³-hybridized carbons (Fsp3) is 0.429. The molecule has 0 heterocycles. The molecule has 1 aromatic rings. The zero-order valence-electron chi connectivity index (χ0n) is 9.51. The van der Waals surface area contributed by atoms with Crippen LogP contribution >= 0.6 is 0 Å². The third-order valence-electron chi connectivity index (χ3n) is 2.78. The first kappa shape index (κ1) is 11.0. The number of rotatable bonds is 4. The van der Waals surface area contributed by atoms with E-state index in [0.717, 1.165) is 0 Å². The first-order valence-electron chi connectivity index (χ1n) is 5.33. The van der Waals surface area contributed by atoms with Gasteiger partial charge in [-0.25, -0.2) is 0 Å². The monoisotopic (exact) mass is 188 g/mol. The van der Waals surface area contributed by atoms with Gasteiger partial charge in [0.25, 0.3) is 0 Å². The molecule has 0 N–H and O–H groups in total. The van der Waals surface area contributed by atoms with Crippen LogP contribution in [0.4, 0.5) is 0 Å². The summed E-state index contributed by atoms with van der Waals surface area (Å²) in [5, 5.41) is 0. The highest BCUT2D eigenvalue weighted by Gasteiger charge is 2.18. The molecule has 0 aromatic heterocycles. The maximum absolute atomic E-state index is 3.80. The molecule has 0 radical (unpaired) electrons. The normalized spacial score (nSPS) is 11.4. The summed E-state index contributed by atoms with van der Waals surface area (Å²) in [6.07, 6.45) is 4.37. The van der Waals surface area contributed by atoms with Gasteiger partial charge in [-0.15, -0.1) is 0 Å². The molecular formula is C14H20. The van der Waals surface area contributed by atoms with Gasteiger partial charge in [0.15, 0.2) is 0 Å². The Bertz CT molecular complexity index is 308. The van der Waals surface area contributed by atoms with Crippen molar-refractivity contribution in [2.45, 2.75) is 39.0 Å². The second-order valence-corrected chi connectivity index (χ2v) is 4.46. The Morgan fingerprint density at radius 2 is 2.07 bits per heavy atom. The van der Waals surface area contributed by atoms with E-state index < -0.39 is 0 Å². The maximum Gasteiger partial charge on any atom is -0.0103 e. The quantitative estimate of drug-likeness (QED) is 0.656. The number of hydrogen-bond acceptors (Lipinski definition) is 0. The molecule has 1 rings (SSSR count). The van der Waals surface area contributed by atoms with Crippen molar-refractivity contribution >= 4 is 6.08 Å². The van der Waals surface area contributed by atoms with Crippen LogP contribution in [0.1, 0.15) is 44.7 Å². The van der Waals surface area contributed by atoms with Crippen LogP contribution < -0.4 is 0 Å². The molecule has 0 atom stereocenters. The summed E-state index contributed by atoms with van der Waals surface area (Å²) in [6.45, 7) is 10.6. The smallest absolute Gasteiger partial charge is 0.0103 e. The lowest BCUT2D eigenvalue weighted by atomic mass is 9.80. The SMILES string of the molecule is C=Cc1cccc(C(C)(C)CCC)c1. The third-order valence-corrected chi connectivity index (χ3v) is 2.78. The van der Waals surface area contributed by atoms with Gasteiger partial charge in [-0.3, -0.25) is 0 Å². The van der Waals surface area contributed by atoms with E-state index >= 15 is 0 Å². The van der Waals surface area contributed by atoms with Crippen molar-refractivity contribution < 1.29 is 0 Å². The molecule has 0 unspecified atom stereocenters. The molecule has 0 heteroatoms. The van der Waals surface area contributed by atoms with Crippen LogP contribution in [0.3, 0.4) is 0 Å². The Hall–Kier alpha value is -1.04. The fourth-order valence-corrected chi connectivity index (χ4v) is 1.86. The van der Waals surface area contributed by atoms with Gasteiger partial charge in [0.2, 0.25) is 0 Å². The standard InChI is InChI=1S/C14H20/c1-5-10-14(3,4)13-9-7-8-12(6-2)11-13/h6-9,11H,2,5,10H2,1,3-4H3. The van der Waals surface area contributed by atoms with Gasteiger partial charge in [-0.05, 0) is 23.0 Å². The molecule has 0 fully saturated rings. The van der Waals surface area contributed by atoms with E-state index in [1.54, 1.807) is 0 Å². The van der Waals surface area contributed by atoms with Crippen LogP contribution in [0, 0.1) is 0 Å². The molecule has 0 amide bonds. The summed E-state index contributed by atoms with van der Waals surface area (Å²) >= 11 is 0. The van der Waals surface area contributed by atoms with Crippen molar-refractivity contribution in [1.29, 1.82) is 0 Å². The average Bonchev–Trinajstić information content (AvgIpc) is 2.18. The summed E-state index contributed by atoms with van der Waals surface area (Å²) in [4.78, 5) is 0. The lowest BCUT2D eigenvalue weighted by molar-refractivity contribution is 0.473. The van der Waals surface area contributed by atoms with E-state index in [-0.39, 0.29) is 5.41 Å². The summed E-state index contributed by atoms with van der Waals surface area (Å²) in [5.74, 6) is 0. The Labute approximate surface area is 87.7 Å². The molecule has 1 aromatic carbocycles. The topological polar surface area (TPSA) is 0 Å². The molecule has 0 aliphatic carbocycles. The molecule has 0 spiro atoms. The van der Waals surface area contributed by atoms with Gasteiger partial charge in [0.05, 0.1) is 0 Å². The molecular weight excluding hydrogens is 168 g/mol. The molecule has 76 valence electrons. The second kappa shape index (κ2) is 4.45. The van der Waals surface area contributed by atoms with Gasteiger partial charge < -0.3 is 0 Å². The first-order chi connectivity index (χ1) is 6.60. The summed E-state index contributed by atoms with van der Waals surface area (Å²) in [6, 6.07) is 8.66. The summed E-state index contributed by atoms with van der Waals surface area (Å²) in [7, 11) is 0. The van der Waals surface area contributed by atoms with E-state index in [4.69, 9.17) is 0 Å². The van der Waals surface area contributed by atoms with Crippen LogP contribution in [-0.4, -0.2) is 0 Å². The van der Waals surface area contributed by atoms with Crippen molar-refractivity contribution in [3.63, 3.8) is 0 Å². The first-order valence-corrected chi connectivity index (χ1v) is 5.33. The summed E-state index contributed by atoms with van der Waals surface area (Å²) in [5.41, 5.74) is 2.91. The molecule has 0 saturated carbocycles. The molecule has 0 bridgehead atoms. The Balaban J connectivity index is 2.99. The van der Waals surface area contributed by atoms with Gasteiger partial charge >= 0.3 is 0 Å². The van der Waals surface area contributed by atoms with E-state index in [9.17, 15) is 0 Å². The van der Waals surface area contributed by atoms with E-state index in [0.29, 0.717) is 0 Å². The van der Waals surface area contributed by atoms with Crippen molar-refractivity contribution in [2.75, 3.05) is 0 Å². The van der Waals surface area contributed by atoms with Crippen LogP contribution in [0.5, 0.6) is 0 Å². The molecule has 0 aliphatic heterocycles. The van der Waals surface area contributed by atoms with E-state index in [1.165, 1.54) is 24.0 Å². The Morgan fingerprint density at radius 3 is 2.64 bits per heavy atom.